The highest BCUT2D eigenvalue weighted by Crippen LogP contribution is 2.27. The van der Waals surface area contributed by atoms with Crippen molar-refractivity contribution in [2.45, 2.75) is 26.4 Å². The van der Waals surface area contributed by atoms with Crippen LogP contribution in [0.15, 0.2) is 34.9 Å². The maximum absolute atomic E-state index is 6.00. The fourth-order valence-electron chi connectivity index (χ4n) is 2.06. The van der Waals surface area contributed by atoms with Crippen molar-refractivity contribution in [3.63, 3.8) is 0 Å². The monoisotopic (exact) mass is 299 g/mol. The number of aromatic nitrogens is 5. The van der Waals surface area contributed by atoms with Crippen molar-refractivity contribution in [1.82, 2.24) is 25.2 Å². The molecule has 3 aromatic rings. The normalized spacial score (nSPS) is 12.3. The van der Waals surface area contributed by atoms with Crippen LogP contribution in [-0.4, -0.2) is 25.2 Å². The Morgan fingerprint density at radius 1 is 1.23 bits per heavy atom. The van der Waals surface area contributed by atoms with Gasteiger partial charge in [-0.3, -0.25) is 4.68 Å². The Labute approximate surface area is 127 Å². The van der Waals surface area contributed by atoms with Crippen molar-refractivity contribution in [1.29, 1.82) is 0 Å². The van der Waals surface area contributed by atoms with E-state index in [2.05, 4.69) is 20.5 Å². The zero-order chi connectivity index (χ0) is 15.5. The van der Waals surface area contributed by atoms with Crippen LogP contribution in [0.1, 0.15) is 30.9 Å². The van der Waals surface area contributed by atoms with E-state index in [4.69, 9.17) is 9.15 Å². The van der Waals surface area contributed by atoms with Crippen molar-refractivity contribution in [2.24, 2.45) is 7.05 Å². The molecule has 0 bridgehead atoms. The van der Waals surface area contributed by atoms with Gasteiger partial charge in [-0.15, -0.1) is 15.3 Å². The van der Waals surface area contributed by atoms with Crippen LogP contribution in [0.5, 0.6) is 5.75 Å². The lowest BCUT2D eigenvalue weighted by atomic mass is 10.2. The second-order valence-corrected chi connectivity index (χ2v) is 5.00. The van der Waals surface area contributed by atoms with Crippen LogP contribution in [0.2, 0.25) is 0 Å². The summed E-state index contributed by atoms with van der Waals surface area (Å²) in [6.45, 7) is 4.01. The largest absolute Gasteiger partial charge is 0.480 e. The summed E-state index contributed by atoms with van der Waals surface area (Å²) in [5.41, 5.74) is 1.61. The van der Waals surface area contributed by atoms with Crippen LogP contribution in [0, 0.1) is 6.92 Å². The van der Waals surface area contributed by atoms with Crippen LogP contribution in [0.4, 0.5) is 0 Å². The number of para-hydroxylation sites is 1. The Morgan fingerprint density at radius 3 is 2.73 bits per heavy atom. The van der Waals surface area contributed by atoms with Crippen molar-refractivity contribution < 1.29 is 9.15 Å². The Bertz CT molecular complexity index is 765. The topological polar surface area (TPSA) is 78.9 Å². The second-order valence-electron chi connectivity index (χ2n) is 5.00. The lowest BCUT2D eigenvalue weighted by Crippen LogP contribution is -2.07. The molecule has 3 rings (SSSR count). The minimum Gasteiger partial charge on any atom is -0.480 e. The van der Waals surface area contributed by atoms with E-state index in [1.165, 1.54) is 0 Å². The highest BCUT2D eigenvalue weighted by Gasteiger charge is 2.21. The van der Waals surface area contributed by atoms with Crippen LogP contribution in [0.3, 0.4) is 0 Å². The van der Waals surface area contributed by atoms with Crippen molar-refractivity contribution in [3.05, 3.63) is 41.9 Å². The van der Waals surface area contributed by atoms with E-state index in [1.54, 1.807) is 17.9 Å². The Hall–Kier alpha value is -2.70. The number of hydrogen-bond acceptors (Lipinski definition) is 6. The third-order valence-corrected chi connectivity index (χ3v) is 3.27. The maximum Gasteiger partial charge on any atom is 0.270 e. The minimum atomic E-state index is -0.293. The van der Waals surface area contributed by atoms with Gasteiger partial charge in [-0.1, -0.05) is 30.3 Å². The maximum atomic E-state index is 6.00. The Balaban J connectivity index is 1.82. The summed E-state index contributed by atoms with van der Waals surface area (Å²) in [5.74, 6) is 1.59. The zero-order valence-electron chi connectivity index (χ0n) is 12.7. The predicted octanol–water partition coefficient (Wildman–Crippen LogP) is 2.70. The second kappa shape index (κ2) is 5.97. The first-order valence-corrected chi connectivity index (χ1v) is 7.09. The molecule has 114 valence electrons. The number of rotatable bonds is 5. The molecular weight excluding hydrogens is 282 g/mol. The lowest BCUT2D eigenvalue weighted by molar-refractivity contribution is 0.165. The molecule has 0 aliphatic heterocycles. The summed E-state index contributed by atoms with van der Waals surface area (Å²) in [6.07, 6.45) is 2.15. The van der Waals surface area contributed by atoms with Gasteiger partial charge in [-0.2, -0.15) is 0 Å². The molecule has 7 heteroatoms. The molecular formula is C15H17N5O2. The lowest BCUT2D eigenvalue weighted by Gasteiger charge is -2.15. The van der Waals surface area contributed by atoms with E-state index in [9.17, 15) is 0 Å². The van der Waals surface area contributed by atoms with E-state index in [1.807, 2.05) is 38.1 Å². The van der Waals surface area contributed by atoms with Crippen LogP contribution in [0.25, 0.3) is 11.6 Å². The van der Waals surface area contributed by atoms with Crippen LogP contribution >= 0.6 is 0 Å². The molecule has 0 N–H and O–H groups in total. The van der Waals surface area contributed by atoms with Crippen LogP contribution in [-0.2, 0) is 7.05 Å². The van der Waals surface area contributed by atoms with E-state index in [0.717, 1.165) is 17.7 Å². The third kappa shape index (κ3) is 2.83. The SMILES string of the molecule is CC[C@H](Oc1ccccc1C)c1nnc(-c2cn(C)nn2)o1. The molecule has 0 aliphatic carbocycles. The van der Waals surface area contributed by atoms with Gasteiger partial charge < -0.3 is 9.15 Å². The molecule has 1 atom stereocenters. The first-order valence-electron chi connectivity index (χ1n) is 7.09. The molecule has 0 aliphatic rings. The van der Waals surface area contributed by atoms with Gasteiger partial charge in [0.05, 0.1) is 6.20 Å². The number of aryl methyl sites for hydroxylation is 2. The number of hydrogen-bond donors (Lipinski definition) is 0. The highest BCUT2D eigenvalue weighted by molar-refractivity contribution is 5.42. The summed E-state index contributed by atoms with van der Waals surface area (Å²) in [4.78, 5) is 0. The van der Waals surface area contributed by atoms with Crippen LogP contribution < -0.4 is 4.74 Å². The van der Waals surface area contributed by atoms with E-state index in [0.29, 0.717) is 17.5 Å². The minimum absolute atomic E-state index is 0.293. The molecule has 0 spiro atoms. The van der Waals surface area contributed by atoms with E-state index >= 15 is 0 Å². The molecule has 0 saturated carbocycles. The quantitative estimate of drug-likeness (QED) is 0.720. The van der Waals surface area contributed by atoms with Gasteiger partial charge in [0.1, 0.15) is 5.75 Å². The fraction of sp³-hybridized carbons (Fsp3) is 0.333. The van der Waals surface area contributed by atoms with Gasteiger partial charge in [-0.05, 0) is 25.0 Å². The highest BCUT2D eigenvalue weighted by atomic mass is 16.5. The van der Waals surface area contributed by atoms with Gasteiger partial charge in [0.2, 0.25) is 0 Å². The average molecular weight is 299 g/mol. The molecule has 2 aromatic heterocycles. The fourth-order valence-corrected chi connectivity index (χ4v) is 2.06. The molecule has 0 amide bonds. The van der Waals surface area contributed by atoms with Crippen molar-refractivity contribution in [2.75, 3.05) is 0 Å². The van der Waals surface area contributed by atoms with Crippen molar-refractivity contribution in [3.8, 4) is 17.3 Å². The van der Waals surface area contributed by atoms with E-state index < -0.39 is 0 Å². The predicted molar refractivity (Wildman–Crippen MR) is 79.1 cm³/mol. The average Bonchev–Trinajstić information content (AvgIpc) is 3.15. The summed E-state index contributed by atoms with van der Waals surface area (Å²) >= 11 is 0. The zero-order valence-corrected chi connectivity index (χ0v) is 12.7. The van der Waals surface area contributed by atoms with Gasteiger partial charge in [-0.25, -0.2) is 0 Å². The van der Waals surface area contributed by atoms with Gasteiger partial charge in [0.15, 0.2) is 11.8 Å². The molecule has 0 fully saturated rings. The number of ether oxygens (including phenoxy) is 1. The van der Waals surface area contributed by atoms with Gasteiger partial charge >= 0.3 is 0 Å². The Kier molecular flexibility index (Phi) is 3.86. The van der Waals surface area contributed by atoms with Gasteiger partial charge in [0.25, 0.3) is 11.8 Å². The first kappa shape index (κ1) is 14.2. The molecule has 22 heavy (non-hydrogen) atoms. The summed E-state index contributed by atoms with van der Waals surface area (Å²) in [6, 6.07) is 7.84. The van der Waals surface area contributed by atoms with Gasteiger partial charge in [0, 0.05) is 7.05 Å². The first-order chi connectivity index (χ1) is 10.7. The summed E-state index contributed by atoms with van der Waals surface area (Å²) in [7, 11) is 1.78. The summed E-state index contributed by atoms with van der Waals surface area (Å²) < 4.78 is 13.3. The Morgan fingerprint density at radius 2 is 2.05 bits per heavy atom. The van der Waals surface area contributed by atoms with Crippen molar-refractivity contribution >= 4 is 0 Å². The molecule has 7 nitrogen and oxygen atoms in total. The molecule has 0 radical (unpaired) electrons. The third-order valence-electron chi connectivity index (χ3n) is 3.27. The number of benzene rings is 1. The molecule has 1 aromatic carbocycles. The molecule has 2 heterocycles. The molecule has 0 unspecified atom stereocenters. The number of nitrogens with zero attached hydrogens (tertiary/aromatic N) is 5. The summed E-state index contributed by atoms with van der Waals surface area (Å²) in [5, 5.41) is 15.9. The molecule has 0 saturated heterocycles. The van der Waals surface area contributed by atoms with E-state index in [-0.39, 0.29) is 6.10 Å². The smallest absolute Gasteiger partial charge is 0.270 e. The standard InChI is InChI=1S/C15H17N5O2/c1-4-12(21-13-8-6-5-7-10(13)2)15-18-17-14(22-15)11-9-20(3)19-16-11/h5-9,12H,4H2,1-3H3/t12-/m0/s1.